The molecule has 5 heteroatoms. The molecule has 1 aliphatic rings. The number of halogens is 1. The summed E-state index contributed by atoms with van der Waals surface area (Å²) >= 11 is 6.14. The van der Waals surface area contributed by atoms with Crippen molar-refractivity contribution in [2.24, 2.45) is 0 Å². The summed E-state index contributed by atoms with van der Waals surface area (Å²) in [6.07, 6.45) is 0. The van der Waals surface area contributed by atoms with Crippen molar-refractivity contribution in [1.82, 2.24) is 5.32 Å². The number of benzene rings is 1. The molecule has 0 spiro atoms. The summed E-state index contributed by atoms with van der Waals surface area (Å²) in [6.45, 7) is 7.18. The van der Waals surface area contributed by atoms with Gasteiger partial charge in [-0.3, -0.25) is 0 Å². The van der Waals surface area contributed by atoms with Gasteiger partial charge in [-0.2, -0.15) is 0 Å². The van der Waals surface area contributed by atoms with Gasteiger partial charge in [0.1, 0.15) is 11.5 Å². The first-order chi connectivity index (χ1) is 8.96. The summed E-state index contributed by atoms with van der Waals surface area (Å²) in [7, 11) is 3.29. The van der Waals surface area contributed by atoms with E-state index < -0.39 is 0 Å². The maximum Gasteiger partial charge on any atom is 0.143 e. The summed E-state index contributed by atoms with van der Waals surface area (Å²) in [5.74, 6) is 1.46. The molecule has 0 bridgehead atoms. The molecular formula is C14H21ClN2O2. The van der Waals surface area contributed by atoms with Gasteiger partial charge in [0.05, 0.1) is 24.9 Å². The molecule has 4 nitrogen and oxygen atoms in total. The Kier molecular flexibility index (Phi) is 4.11. The molecule has 1 aromatic carbocycles. The number of hydrogen-bond donors (Lipinski definition) is 1. The number of piperazine rings is 1. The topological polar surface area (TPSA) is 33.7 Å². The van der Waals surface area contributed by atoms with Crippen LogP contribution in [0, 0.1) is 0 Å². The minimum Gasteiger partial charge on any atom is -0.495 e. The minimum atomic E-state index is 0.0795. The normalized spacial score (nSPS) is 18.3. The third kappa shape index (κ3) is 3.07. The maximum absolute atomic E-state index is 6.14. The largest absolute Gasteiger partial charge is 0.495 e. The van der Waals surface area contributed by atoms with Crippen molar-refractivity contribution in [3.63, 3.8) is 0 Å². The van der Waals surface area contributed by atoms with Gasteiger partial charge in [-0.25, -0.2) is 0 Å². The Hall–Kier alpha value is -1.13. The summed E-state index contributed by atoms with van der Waals surface area (Å²) in [6, 6.07) is 3.76. The number of methoxy groups -OCH3 is 2. The Morgan fingerprint density at radius 3 is 2.47 bits per heavy atom. The van der Waals surface area contributed by atoms with Crippen LogP contribution in [0.3, 0.4) is 0 Å². The Morgan fingerprint density at radius 1 is 1.21 bits per heavy atom. The molecule has 1 heterocycles. The average molecular weight is 285 g/mol. The summed E-state index contributed by atoms with van der Waals surface area (Å²) in [5.41, 5.74) is 1.11. The zero-order chi connectivity index (χ0) is 14.0. The van der Waals surface area contributed by atoms with Crippen molar-refractivity contribution in [3.05, 3.63) is 17.2 Å². The lowest BCUT2D eigenvalue weighted by Gasteiger charge is -2.40. The van der Waals surface area contributed by atoms with Gasteiger partial charge in [-0.1, -0.05) is 11.6 Å². The van der Waals surface area contributed by atoms with Crippen LogP contribution in [-0.2, 0) is 0 Å². The highest BCUT2D eigenvalue weighted by molar-refractivity contribution is 6.32. The van der Waals surface area contributed by atoms with Gasteiger partial charge in [0, 0.05) is 37.3 Å². The van der Waals surface area contributed by atoms with Crippen molar-refractivity contribution in [3.8, 4) is 11.5 Å². The lowest BCUT2D eigenvalue weighted by Crippen LogP contribution is -2.57. The van der Waals surface area contributed by atoms with E-state index in [1.807, 2.05) is 12.1 Å². The van der Waals surface area contributed by atoms with E-state index in [1.165, 1.54) is 0 Å². The first kappa shape index (κ1) is 14.3. The average Bonchev–Trinajstić information content (AvgIpc) is 2.37. The molecule has 106 valence electrons. The fourth-order valence-corrected chi connectivity index (χ4v) is 2.67. The number of nitrogens with zero attached hydrogens (tertiary/aromatic N) is 1. The van der Waals surface area contributed by atoms with E-state index in [2.05, 4.69) is 24.1 Å². The van der Waals surface area contributed by atoms with Crippen LogP contribution in [0.15, 0.2) is 12.1 Å². The zero-order valence-electron chi connectivity index (χ0n) is 11.9. The van der Waals surface area contributed by atoms with E-state index in [0.29, 0.717) is 10.8 Å². The molecular weight excluding hydrogens is 264 g/mol. The molecule has 1 aliphatic heterocycles. The molecule has 1 aromatic rings. The highest BCUT2D eigenvalue weighted by atomic mass is 35.5. The number of anilines is 1. The quantitative estimate of drug-likeness (QED) is 0.925. The van der Waals surface area contributed by atoms with Gasteiger partial charge in [-0.15, -0.1) is 0 Å². The third-order valence-electron chi connectivity index (χ3n) is 3.37. The third-order valence-corrected chi connectivity index (χ3v) is 3.66. The molecule has 0 unspecified atom stereocenters. The van der Waals surface area contributed by atoms with E-state index in [0.717, 1.165) is 31.1 Å². The molecule has 0 radical (unpaired) electrons. The Balaban J connectivity index is 2.37. The van der Waals surface area contributed by atoms with Gasteiger partial charge < -0.3 is 19.7 Å². The molecule has 0 saturated carbocycles. The van der Waals surface area contributed by atoms with Gasteiger partial charge in [0.2, 0.25) is 0 Å². The van der Waals surface area contributed by atoms with Crippen LogP contribution >= 0.6 is 11.6 Å². The van der Waals surface area contributed by atoms with E-state index in [4.69, 9.17) is 21.1 Å². The van der Waals surface area contributed by atoms with Crippen molar-refractivity contribution in [1.29, 1.82) is 0 Å². The van der Waals surface area contributed by atoms with Gasteiger partial charge in [0.25, 0.3) is 0 Å². The van der Waals surface area contributed by atoms with Crippen LogP contribution in [-0.4, -0.2) is 39.4 Å². The standard InChI is InChI=1S/C14H21ClN2O2/c1-14(2)9-17(6-5-16-14)11-8-12(18-3)10(15)7-13(11)19-4/h7-8,16H,5-6,9H2,1-4H3. The lowest BCUT2D eigenvalue weighted by atomic mass is 10.0. The van der Waals surface area contributed by atoms with Crippen molar-refractivity contribution < 1.29 is 9.47 Å². The fraction of sp³-hybridized carbons (Fsp3) is 0.571. The highest BCUT2D eigenvalue weighted by Gasteiger charge is 2.27. The second kappa shape index (κ2) is 5.47. The molecule has 1 N–H and O–H groups in total. The second-order valence-corrected chi connectivity index (χ2v) is 5.80. The van der Waals surface area contributed by atoms with Gasteiger partial charge >= 0.3 is 0 Å². The zero-order valence-corrected chi connectivity index (χ0v) is 12.7. The first-order valence-electron chi connectivity index (χ1n) is 6.38. The highest BCUT2D eigenvalue weighted by Crippen LogP contribution is 2.38. The Bertz CT molecular complexity index is 463. The molecule has 1 saturated heterocycles. The van der Waals surface area contributed by atoms with Crippen molar-refractivity contribution >= 4 is 17.3 Å². The molecule has 0 amide bonds. The van der Waals surface area contributed by atoms with Crippen molar-refractivity contribution in [2.75, 3.05) is 38.8 Å². The van der Waals surface area contributed by atoms with Crippen LogP contribution in [0.2, 0.25) is 5.02 Å². The van der Waals surface area contributed by atoms with Gasteiger partial charge in [-0.05, 0) is 13.8 Å². The molecule has 0 atom stereocenters. The smallest absolute Gasteiger partial charge is 0.143 e. The van der Waals surface area contributed by atoms with E-state index in [1.54, 1.807) is 14.2 Å². The predicted octanol–water partition coefficient (Wildman–Crippen LogP) is 2.55. The summed E-state index contributed by atoms with van der Waals surface area (Å²) in [4.78, 5) is 2.30. The molecule has 1 fully saturated rings. The van der Waals surface area contributed by atoms with Crippen LogP contribution < -0.4 is 19.7 Å². The van der Waals surface area contributed by atoms with Crippen LogP contribution in [0.4, 0.5) is 5.69 Å². The molecule has 0 aliphatic carbocycles. The monoisotopic (exact) mass is 284 g/mol. The van der Waals surface area contributed by atoms with E-state index in [9.17, 15) is 0 Å². The van der Waals surface area contributed by atoms with Gasteiger partial charge in [0.15, 0.2) is 0 Å². The molecule has 0 aromatic heterocycles. The lowest BCUT2D eigenvalue weighted by molar-refractivity contribution is 0.348. The Morgan fingerprint density at radius 2 is 1.89 bits per heavy atom. The predicted molar refractivity (Wildman–Crippen MR) is 78.9 cm³/mol. The van der Waals surface area contributed by atoms with E-state index in [-0.39, 0.29) is 5.54 Å². The number of nitrogens with one attached hydrogen (secondary N) is 1. The first-order valence-corrected chi connectivity index (χ1v) is 6.76. The number of ether oxygens (including phenoxy) is 2. The SMILES string of the molecule is COc1cc(N2CCNC(C)(C)C2)c(OC)cc1Cl. The Labute approximate surface area is 119 Å². The minimum absolute atomic E-state index is 0.0795. The second-order valence-electron chi connectivity index (χ2n) is 5.39. The van der Waals surface area contributed by atoms with Crippen LogP contribution in [0.5, 0.6) is 11.5 Å². The van der Waals surface area contributed by atoms with Crippen LogP contribution in [0.1, 0.15) is 13.8 Å². The van der Waals surface area contributed by atoms with Crippen molar-refractivity contribution in [2.45, 2.75) is 19.4 Å². The number of rotatable bonds is 3. The van der Waals surface area contributed by atoms with Crippen LogP contribution in [0.25, 0.3) is 0 Å². The molecule has 2 rings (SSSR count). The number of hydrogen-bond acceptors (Lipinski definition) is 4. The fourth-order valence-electron chi connectivity index (χ4n) is 2.44. The summed E-state index contributed by atoms with van der Waals surface area (Å²) in [5, 5.41) is 4.06. The van der Waals surface area contributed by atoms with E-state index >= 15 is 0 Å². The molecule has 19 heavy (non-hydrogen) atoms. The maximum atomic E-state index is 6.14. The summed E-state index contributed by atoms with van der Waals surface area (Å²) < 4.78 is 10.7.